The molecule has 138 valence electrons. The zero-order valence-corrected chi connectivity index (χ0v) is 17.0. The molecule has 0 atom stereocenters. The lowest BCUT2D eigenvalue weighted by atomic mass is 10.5. The minimum atomic E-state index is -3.84. The second-order valence-electron chi connectivity index (χ2n) is 4.39. The highest BCUT2D eigenvalue weighted by atomic mass is 32.1. The molecule has 0 aliphatic carbocycles. The van der Waals surface area contributed by atoms with Crippen LogP contribution < -0.4 is 0 Å². The highest BCUT2D eigenvalue weighted by Gasteiger charge is 2.51. The second kappa shape index (κ2) is 10.6. The summed E-state index contributed by atoms with van der Waals surface area (Å²) in [4.78, 5) is 5.06. The first-order valence-corrected chi connectivity index (χ1v) is 11.9. The van der Waals surface area contributed by atoms with Crippen molar-refractivity contribution in [1.82, 2.24) is 0 Å². The van der Waals surface area contributed by atoms with Crippen LogP contribution >= 0.6 is 26.5 Å². The number of aliphatic imine (C=N–C) groups is 1. The number of hydrogen-bond acceptors (Lipinski definition) is 8. The summed E-state index contributed by atoms with van der Waals surface area (Å²) in [7, 11) is -7.67. The summed E-state index contributed by atoms with van der Waals surface area (Å²) >= 11 is 1.45. The van der Waals surface area contributed by atoms with Gasteiger partial charge in [-0.15, -0.1) is 11.3 Å². The van der Waals surface area contributed by atoms with E-state index in [-0.39, 0.29) is 26.4 Å². The molecular formula is C14H25NO6P2S. The fourth-order valence-electron chi connectivity index (χ4n) is 1.90. The van der Waals surface area contributed by atoms with Crippen molar-refractivity contribution in [3.05, 3.63) is 22.4 Å². The third-order valence-electron chi connectivity index (χ3n) is 2.68. The first-order valence-electron chi connectivity index (χ1n) is 7.80. The summed E-state index contributed by atoms with van der Waals surface area (Å²) < 4.78 is 47.7. The molecule has 0 aliphatic heterocycles. The van der Waals surface area contributed by atoms with Gasteiger partial charge in [-0.3, -0.25) is 14.1 Å². The van der Waals surface area contributed by atoms with Crippen LogP contribution in [0.4, 0.5) is 0 Å². The average Bonchev–Trinajstić information content (AvgIpc) is 3.01. The molecule has 1 aromatic heterocycles. The molecule has 10 heteroatoms. The summed E-state index contributed by atoms with van der Waals surface area (Å²) in [6.45, 7) is 7.22. The van der Waals surface area contributed by atoms with Crippen molar-refractivity contribution in [3.63, 3.8) is 0 Å². The molecule has 0 amide bonds. The largest absolute Gasteiger partial charge is 0.367 e. The van der Waals surface area contributed by atoms with Crippen LogP contribution in [0.1, 0.15) is 32.6 Å². The summed E-state index contributed by atoms with van der Waals surface area (Å²) in [6.07, 6.45) is 1.49. The Morgan fingerprint density at radius 2 is 1.46 bits per heavy atom. The van der Waals surface area contributed by atoms with Crippen LogP contribution in [0, 0.1) is 0 Å². The lowest BCUT2D eigenvalue weighted by Gasteiger charge is -2.28. The fraction of sp³-hybridized carbons (Fsp3) is 0.643. The Bertz CT molecular complexity index is 542. The van der Waals surface area contributed by atoms with E-state index in [1.54, 1.807) is 27.7 Å². The van der Waals surface area contributed by atoms with Crippen molar-refractivity contribution in [3.8, 4) is 0 Å². The molecule has 1 heterocycles. The summed E-state index contributed by atoms with van der Waals surface area (Å²) in [5, 5.41) is 1.88. The topological polar surface area (TPSA) is 83.4 Å². The van der Waals surface area contributed by atoms with Crippen molar-refractivity contribution in [2.75, 3.05) is 26.4 Å². The van der Waals surface area contributed by atoms with Gasteiger partial charge in [0.1, 0.15) is 0 Å². The SMILES string of the molecule is CCOP(=O)(OCC)C(/N=C/c1cccs1)P(=O)(OCC)OCC. The zero-order chi connectivity index (χ0) is 18.1. The molecular weight excluding hydrogens is 372 g/mol. The van der Waals surface area contributed by atoms with Gasteiger partial charge in [-0.1, -0.05) is 6.07 Å². The molecule has 0 saturated carbocycles. The molecule has 0 bridgehead atoms. The van der Waals surface area contributed by atoms with Crippen LogP contribution in [0.5, 0.6) is 0 Å². The van der Waals surface area contributed by atoms with E-state index in [2.05, 4.69) is 4.99 Å². The van der Waals surface area contributed by atoms with Crippen LogP contribution in [-0.4, -0.2) is 38.2 Å². The Kier molecular flexibility index (Phi) is 9.60. The van der Waals surface area contributed by atoms with Crippen molar-refractivity contribution in [2.24, 2.45) is 4.99 Å². The van der Waals surface area contributed by atoms with Gasteiger partial charge in [0, 0.05) is 11.1 Å². The predicted octanol–water partition coefficient (Wildman–Crippen LogP) is 4.98. The monoisotopic (exact) mass is 397 g/mol. The maximum atomic E-state index is 13.2. The number of thiophene rings is 1. The first-order chi connectivity index (χ1) is 11.5. The normalized spacial score (nSPS) is 13.2. The van der Waals surface area contributed by atoms with Gasteiger partial charge in [0.2, 0.25) is 0 Å². The zero-order valence-electron chi connectivity index (χ0n) is 14.4. The van der Waals surface area contributed by atoms with E-state index in [9.17, 15) is 9.13 Å². The Labute approximate surface area is 147 Å². The van der Waals surface area contributed by atoms with Crippen molar-refractivity contribution in [1.29, 1.82) is 0 Å². The maximum absolute atomic E-state index is 13.2. The van der Waals surface area contributed by atoms with E-state index < -0.39 is 20.7 Å². The molecule has 0 radical (unpaired) electrons. The van der Waals surface area contributed by atoms with E-state index in [1.165, 1.54) is 17.6 Å². The third kappa shape index (κ3) is 5.88. The summed E-state index contributed by atoms with van der Waals surface area (Å²) in [5.41, 5.74) is -1.37. The van der Waals surface area contributed by atoms with Gasteiger partial charge in [0.15, 0.2) is 0 Å². The highest BCUT2D eigenvalue weighted by Crippen LogP contribution is 2.70. The fourth-order valence-corrected chi connectivity index (χ4v) is 7.26. The lowest BCUT2D eigenvalue weighted by Crippen LogP contribution is -2.16. The van der Waals surface area contributed by atoms with E-state index in [4.69, 9.17) is 18.1 Å². The Balaban J connectivity index is 3.31. The van der Waals surface area contributed by atoms with Crippen molar-refractivity contribution in [2.45, 2.75) is 33.2 Å². The van der Waals surface area contributed by atoms with E-state index in [1.807, 2.05) is 17.5 Å². The molecule has 0 fully saturated rings. The molecule has 1 aromatic rings. The number of hydrogen-bond donors (Lipinski definition) is 0. The maximum Gasteiger partial charge on any atom is 0.367 e. The van der Waals surface area contributed by atoms with E-state index in [0.29, 0.717) is 0 Å². The van der Waals surface area contributed by atoms with Crippen LogP contribution in [0.15, 0.2) is 22.5 Å². The quantitative estimate of drug-likeness (QED) is 0.365. The van der Waals surface area contributed by atoms with E-state index in [0.717, 1.165) is 4.88 Å². The van der Waals surface area contributed by atoms with Gasteiger partial charge < -0.3 is 18.1 Å². The molecule has 1 rings (SSSR count). The summed E-state index contributed by atoms with van der Waals surface area (Å²) in [6, 6.07) is 3.69. The standard InChI is InChI=1S/C14H25NO6P2S/c1-5-18-22(16,19-6-2)14(15-12-13-10-9-11-24-13)23(17,20-7-3)21-8-4/h9-12,14H,5-8H2,1-4H3/b15-12+. The van der Waals surface area contributed by atoms with Crippen molar-refractivity contribution >= 4 is 32.7 Å². The minimum Gasteiger partial charge on any atom is -0.307 e. The molecule has 0 N–H and O–H groups in total. The van der Waals surface area contributed by atoms with Gasteiger partial charge >= 0.3 is 15.2 Å². The Hall–Kier alpha value is -0.330. The first kappa shape index (κ1) is 21.7. The Morgan fingerprint density at radius 3 is 1.79 bits per heavy atom. The number of nitrogens with zero attached hydrogens (tertiary/aromatic N) is 1. The van der Waals surface area contributed by atoms with Crippen LogP contribution in [0.2, 0.25) is 0 Å². The van der Waals surface area contributed by atoms with E-state index >= 15 is 0 Å². The number of rotatable bonds is 12. The molecule has 24 heavy (non-hydrogen) atoms. The highest BCUT2D eigenvalue weighted by molar-refractivity contribution is 7.72. The van der Waals surface area contributed by atoms with Gasteiger partial charge in [-0.25, -0.2) is 0 Å². The molecule has 0 aromatic carbocycles. The predicted molar refractivity (Wildman–Crippen MR) is 97.4 cm³/mol. The van der Waals surface area contributed by atoms with Gasteiger partial charge in [0.25, 0.3) is 5.52 Å². The smallest absolute Gasteiger partial charge is 0.307 e. The molecule has 7 nitrogen and oxygen atoms in total. The molecule has 0 unspecified atom stereocenters. The van der Waals surface area contributed by atoms with Crippen LogP contribution in [0.25, 0.3) is 0 Å². The third-order valence-corrected chi connectivity index (χ3v) is 9.05. The van der Waals surface area contributed by atoms with Gasteiger partial charge in [0.05, 0.1) is 26.4 Å². The van der Waals surface area contributed by atoms with Crippen LogP contribution in [-0.2, 0) is 27.2 Å². The van der Waals surface area contributed by atoms with Crippen molar-refractivity contribution < 1.29 is 27.2 Å². The lowest BCUT2D eigenvalue weighted by molar-refractivity contribution is 0.196. The van der Waals surface area contributed by atoms with Gasteiger partial charge in [-0.2, -0.15) is 0 Å². The molecule has 0 spiro atoms. The van der Waals surface area contributed by atoms with Gasteiger partial charge in [-0.05, 0) is 39.1 Å². The molecule has 0 aliphatic rings. The second-order valence-corrected chi connectivity index (χ2v) is 9.95. The summed E-state index contributed by atoms with van der Waals surface area (Å²) in [5.74, 6) is 0. The molecule has 0 saturated heterocycles. The average molecular weight is 397 g/mol. The minimum absolute atomic E-state index is 0.126. The Morgan fingerprint density at radius 1 is 1.00 bits per heavy atom. The van der Waals surface area contributed by atoms with Crippen LogP contribution in [0.3, 0.4) is 0 Å².